The summed E-state index contributed by atoms with van der Waals surface area (Å²) in [5.74, 6) is -0.284. The lowest BCUT2D eigenvalue weighted by Gasteiger charge is -2.42. The molecule has 1 aromatic carbocycles. The van der Waals surface area contributed by atoms with Crippen LogP contribution in [0.15, 0.2) is 24.3 Å². The molecular weight excluding hydrogens is 301 g/mol. The van der Waals surface area contributed by atoms with Crippen molar-refractivity contribution >= 4 is 12.4 Å². The van der Waals surface area contributed by atoms with E-state index < -0.39 is 6.10 Å². The van der Waals surface area contributed by atoms with E-state index in [4.69, 9.17) is 0 Å². The maximum absolute atomic E-state index is 13.3. The molecule has 4 heteroatoms. The molecule has 1 heterocycles. The van der Waals surface area contributed by atoms with Crippen LogP contribution >= 0.6 is 12.4 Å². The van der Waals surface area contributed by atoms with Gasteiger partial charge in [0.25, 0.3) is 0 Å². The first-order chi connectivity index (χ1) is 10.1. The third-order valence-corrected chi connectivity index (χ3v) is 4.86. The molecule has 0 unspecified atom stereocenters. The van der Waals surface area contributed by atoms with Crippen LogP contribution < -0.4 is 5.32 Å². The van der Waals surface area contributed by atoms with Crippen LogP contribution in [-0.4, -0.2) is 17.7 Å². The van der Waals surface area contributed by atoms with E-state index >= 15 is 0 Å². The Morgan fingerprint density at radius 3 is 2.50 bits per heavy atom. The van der Waals surface area contributed by atoms with Gasteiger partial charge in [0, 0.05) is 12.6 Å². The Morgan fingerprint density at radius 1 is 1.32 bits per heavy atom. The fourth-order valence-electron chi connectivity index (χ4n) is 3.80. The van der Waals surface area contributed by atoms with Crippen molar-refractivity contribution in [3.05, 3.63) is 35.6 Å². The first-order valence-corrected chi connectivity index (χ1v) is 8.27. The van der Waals surface area contributed by atoms with Crippen molar-refractivity contribution in [1.29, 1.82) is 0 Å². The van der Waals surface area contributed by atoms with Gasteiger partial charge in [-0.25, -0.2) is 4.39 Å². The molecule has 1 saturated heterocycles. The van der Waals surface area contributed by atoms with Crippen LogP contribution in [0.2, 0.25) is 0 Å². The van der Waals surface area contributed by atoms with Crippen molar-refractivity contribution in [3.63, 3.8) is 0 Å². The lowest BCUT2D eigenvalue weighted by molar-refractivity contribution is 0.0664. The minimum atomic E-state index is -0.623. The van der Waals surface area contributed by atoms with E-state index in [1.165, 1.54) is 37.8 Å². The molecule has 0 aliphatic carbocycles. The number of aliphatic hydroxyl groups excluding tert-OH is 1. The summed E-state index contributed by atoms with van der Waals surface area (Å²) < 4.78 is 13.3. The van der Waals surface area contributed by atoms with Gasteiger partial charge in [0.05, 0.1) is 6.10 Å². The number of hydrogen-bond acceptors (Lipinski definition) is 2. The summed E-state index contributed by atoms with van der Waals surface area (Å²) in [5.41, 5.74) is 1.06. The van der Waals surface area contributed by atoms with Gasteiger partial charge in [-0.05, 0) is 48.8 Å². The van der Waals surface area contributed by atoms with E-state index in [9.17, 15) is 9.50 Å². The van der Waals surface area contributed by atoms with E-state index in [0.29, 0.717) is 11.0 Å². The van der Waals surface area contributed by atoms with Crippen molar-refractivity contribution in [2.45, 2.75) is 64.5 Å². The average Bonchev–Trinajstić information content (AvgIpc) is 2.48. The standard InChI is InChI=1S/C18H28FNO.ClH/c1-3-9-18(10-4-2)11-8-16(20-13-18)17(21)14-6-5-7-15(19)12-14;/h5-7,12,16-17,20-21H,3-4,8-11,13H2,1-2H3;1H/t16-,17+;/m1./s1. The molecule has 1 aromatic rings. The quantitative estimate of drug-likeness (QED) is 0.798. The van der Waals surface area contributed by atoms with Gasteiger partial charge in [-0.3, -0.25) is 0 Å². The smallest absolute Gasteiger partial charge is 0.123 e. The average molecular weight is 330 g/mol. The number of hydrogen-bond donors (Lipinski definition) is 2. The lowest BCUT2D eigenvalue weighted by atomic mass is 9.71. The van der Waals surface area contributed by atoms with Crippen molar-refractivity contribution in [2.24, 2.45) is 5.41 Å². The predicted molar refractivity (Wildman–Crippen MR) is 91.9 cm³/mol. The second-order valence-corrected chi connectivity index (χ2v) is 6.53. The molecule has 1 aliphatic rings. The van der Waals surface area contributed by atoms with E-state index in [1.807, 2.05) is 0 Å². The van der Waals surface area contributed by atoms with Crippen molar-refractivity contribution < 1.29 is 9.50 Å². The van der Waals surface area contributed by atoms with E-state index in [0.717, 1.165) is 19.4 Å². The minimum absolute atomic E-state index is 0. The van der Waals surface area contributed by atoms with Crippen molar-refractivity contribution in [3.8, 4) is 0 Å². The van der Waals surface area contributed by atoms with Crippen molar-refractivity contribution in [1.82, 2.24) is 5.32 Å². The summed E-state index contributed by atoms with van der Waals surface area (Å²) in [7, 11) is 0. The Bertz CT molecular complexity index is 438. The SMILES string of the molecule is CCCC1(CCC)CC[C@H]([C@@H](O)c2cccc(F)c2)NC1.Cl. The first-order valence-electron chi connectivity index (χ1n) is 8.27. The zero-order valence-corrected chi connectivity index (χ0v) is 14.5. The Hall–Kier alpha value is -0.640. The van der Waals surface area contributed by atoms with Crippen LogP contribution in [0.3, 0.4) is 0 Å². The normalized spacial score (nSPS) is 21.9. The zero-order chi connectivity index (χ0) is 15.3. The van der Waals surface area contributed by atoms with Gasteiger partial charge in [-0.15, -0.1) is 12.4 Å². The van der Waals surface area contributed by atoms with Crippen LogP contribution in [0.5, 0.6) is 0 Å². The maximum atomic E-state index is 13.3. The highest BCUT2D eigenvalue weighted by atomic mass is 35.5. The summed E-state index contributed by atoms with van der Waals surface area (Å²) in [5, 5.41) is 14.0. The summed E-state index contributed by atoms with van der Waals surface area (Å²) >= 11 is 0. The number of rotatable bonds is 6. The fraction of sp³-hybridized carbons (Fsp3) is 0.667. The van der Waals surface area contributed by atoms with Gasteiger partial charge in [0.1, 0.15) is 5.82 Å². The van der Waals surface area contributed by atoms with Crippen LogP contribution in [-0.2, 0) is 0 Å². The molecule has 0 bridgehead atoms. The van der Waals surface area contributed by atoms with Crippen LogP contribution in [0.1, 0.15) is 64.0 Å². The molecule has 0 saturated carbocycles. The number of nitrogens with one attached hydrogen (secondary N) is 1. The number of benzene rings is 1. The molecule has 0 amide bonds. The Balaban J connectivity index is 0.00000242. The van der Waals surface area contributed by atoms with Gasteiger partial charge >= 0.3 is 0 Å². The summed E-state index contributed by atoms with van der Waals surface area (Å²) in [6.45, 7) is 5.45. The molecule has 0 radical (unpaired) electrons. The summed E-state index contributed by atoms with van der Waals surface area (Å²) in [6.07, 6.45) is 6.39. The fourth-order valence-corrected chi connectivity index (χ4v) is 3.80. The largest absolute Gasteiger partial charge is 0.387 e. The molecular formula is C18H29ClFNO. The summed E-state index contributed by atoms with van der Waals surface area (Å²) in [4.78, 5) is 0. The minimum Gasteiger partial charge on any atom is -0.387 e. The molecule has 1 fully saturated rings. The van der Waals surface area contributed by atoms with Gasteiger partial charge in [-0.1, -0.05) is 38.8 Å². The molecule has 22 heavy (non-hydrogen) atoms. The molecule has 0 aromatic heterocycles. The monoisotopic (exact) mass is 329 g/mol. The van der Waals surface area contributed by atoms with Gasteiger partial charge < -0.3 is 10.4 Å². The molecule has 2 rings (SSSR count). The summed E-state index contributed by atoms with van der Waals surface area (Å²) in [6, 6.07) is 6.35. The second kappa shape index (κ2) is 8.85. The van der Waals surface area contributed by atoms with Crippen LogP contribution in [0.4, 0.5) is 4.39 Å². The first kappa shape index (κ1) is 19.4. The Morgan fingerprint density at radius 2 is 2.00 bits per heavy atom. The van der Waals surface area contributed by atoms with Gasteiger partial charge in [0.15, 0.2) is 0 Å². The number of halogens is 2. The highest BCUT2D eigenvalue weighted by molar-refractivity contribution is 5.85. The van der Waals surface area contributed by atoms with Crippen LogP contribution in [0.25, 0.3) is 0 Å². The van der Waals surface area contributed by atoms with Gasteiger partial charge in [-0.2, -0.15) is 0 Å². The second-order valence-electron chi connectivity index (χ2n) is 6.53. The van der Waals surface area contributed by atoms with Crippen LogP contribution in [0, 0.1) is 11.2 Å². The molecule has 1 aliphatic heterocycles. The van der Waals surface area contributed by atoms with E-state index in [1.54, 1.807) is 12.1 Å². The zero-order valence-electron chi connectivity index (χ0n) is 13.6. The molecule has 2 atom stereocenters. The van der Waals surface area contributed by atoms with E-state index in [-0.39, 0.29) is 24.3 Å². The molecule has 0 spiro atoms. The Kier molecular flexibility index (Phi) is 7.81. The Labute approximate surface area is 139 Å². The highest BCUT2D eigenvalue weighted by Crippen LogP contribution is 2.39. The third-order valence-electron chi connectivity index (χ3n) is 4.86. The lowest BCUT2D eigenvalue weighted by Crippen LogP contribution is -2.48. The number of aliphatic hydroxyl groups is 1. The molecule has 2 nitrogen and oxygen atoms in total. The van der Waals surface area contributed by atoms with Gasteiger partial charge in [0.2, 0.25) is 0 Å². The third kappa shape index (κ3) is 4.68. The van der Waals surface area contributed by atoms with Crippen molar-refractivity contribution in [2.75, 3.05) is 6.54 Å². The highest BCUT2D eigenvalue weighted by Gasteiger charge is 2.36. The van der Waals surface area contributed by atoms with E-state index in [2.05, 4.69) is 19.2 Å². The molecule has 126 valence electrons. The maximum Gasteiger partial charge on any atom is 0.123 e. The number of piperidine rings is 1. The predicted octanol–water partition coefficient (Wildman–Crippen LogP) is 4.62. The molecule has 2 N–H and O–H groups in total. The topological polar surface area (TPSA) is 32.3 Å².